The summed E-state index contributed by atoms with van der Waals surface area (Å²) in [6.07, 6.45) is 1.88. The minimum absolute atomic E-state index is 0.0884. The van der Waals surface area contributed by atoms with Gasteiger partial charge in [0.25, 0.3) is 0 Å². The first-order valence-corrected chi connectivity index (χ1v) is 8.26. The van der Waals surface area contributed by atoms with Gasteiger partial charge < -0.3 is 15.0 Å². The van der Waals surface area contributed by atoms with Gasteiger partial charge in [-0.15, -0.1) is 0 Å². The van der Waals surface area contributed by atoms with Crippen molar-refractivity contribution in [3.05, 3.63) is 51.7 Å². The number of aromatic nitrogens is 3. The molecule has 0 amide bonds. The van der Waals surface area contributed by atoms with Crippen molar-refractivity contribution >= 4 is 5.97 Å². The smallest absolute Gasteiger partial charge is 0.475 e. The Morgan fingerprint density at radius 2 is 2.04 bits per heavy atom. The maximum atomic E-state index is 11.6. The van der Waals surface area contributed by atoms with Gasteiger partial charge in [0.2, 0.25) is 5.56 Å². The van der Waals surface area contributed by atoms with Crippen LogP contribution in [0.25, 0.3) is 0 Å². The van der Waals surface area contributed by atoms with Gasteiger partial charge in [-0.2, -0.15) is 18.3 Å². The molecule has 0 saturated heterocycles. The van der Waals surface area contributed by atoms with Crippen LogP contribution in [0.1, 0.15) is 23.2 Å². The van der Waals surface area contributed by atoms with Crippen molar-refractivity contribution < 1.29 is 23.1 Å². The second-order valence-electron chi connectivity index (χ2n) is 6.35. The second-order valence-corrected chi connectivity index (χ2v) is 6.35. The predicted molar refractivity (Wildman–Crippen MR) is 91.2 cm³/mol. The fourth-order valence-corrected chi connectivity index (χ4v) is 2.92. The van der Waals surface area contributed by atoms with Crippen LogP contribution in [0.4, 0.5) is 13.2 Å². The predicted octanol–water partition coefficient (Wildman–Crippen LogP) is 1.40. The number of hydrogen-bond donors (Lipinski definition) is 2. The molecule has 2 aromatic heterocycles. The summed E-state index contributed by atoms with van der Waals surface area (Å²) >= 11 is 0. The summed E-state index contributed by atoms with van der Waals surface area (Å²) < 4.78 is 35.3. The Morgan fingerprint density at radius 3 is 2.59 bits per heavy atom. The number of pyridine rings is 1. The van der Waals surface area contributed by atoms with Crippen LogP contribution in [-0.2, 0) is 38.3 Å². The highest BCUT2D eigenvalue weighted by molar-refractivity contribution is 5.73. The van der Waals surface area contributed by atoms with Gasteiger partial charge in [0.05, 0.1) is 6.20 Å². The van der Waals surface area contributed by atoms with Crippen LogP contribution in [0.5, 0.6) is 0 Å². The lowest BCUT2D eigenvalue weighted by atomic mass is 9.91. The number of aryl methyl sites for hydroxylation is 1. The third kappa shape index (κ3) is 5.68. The maximum absolute atomic E-state index is 11.6. The number of nitrogens with zero attached hydrogens (tertiary/aromatic N) is 3. The molecule has 1 aliphatic carbocycles. The molecule has 148 valence electrons. The van der Waals surface area contributed by atoms with Gasteiger partial charge in [-0.1, -0.05) is 6.07 Å². The molecule has 0 aromatic carbocycles. The number of fused-ring (bicyclic) bond motifs is 1. The van der Waals surface area contributed by atoms with E-state index in [0.29, 0.717) is 6.04 Å². The molecule has 1 aliphatic rings. The lowest BCUT2D eigenvalue weighted by Gasteiger charge is -2.26. The van der Waals surface area contributed by atoms with Crippen LogP contribution in [0.2, 0.25) is 0 Å². The molecular weight excluding hydrogens is 365 g/mol. The van der Waals surface area contributed by atoms with E-state index in [1.165, 1.54) is 16.8 Å². The molecule has 1 unspecified atom stereocenters. The SMILES string of the molecule is Cn1cc(CNC2CCc3c(ccc(=O)n3C)C2)cn1.O=C(O)C(F)(F)F. The Labute approximate surface area is 153 Å². The first-order chi connectivity index (χ1) is 12.6. The average Bonchev–Trinajstić information content (AvgIpc) is 3.01. The summed E-state index contributed by atoms with van der Waals surface area (Å²) in [7, 11) is 3.80. The summed E-state index contributed by atoms with van der Waals surface area (Å²) in [6, 6.07) is 4.12. The Morgan fingerprint density at radius 1 is 1.37 bits per heavy atom. The minimum atomic E-state index is -5.08. The van der Waals surface area contributed by atoms with Crippen molar-refractivity contribution in [3.8, 4) is 0 Å². The van der Waals surface area contributed by atoms with E-state index in [9.17, 15) is 18.0 Å². The Hall–Kier alpha value is -2.62. The van der Waals surface area contributed by atoms with E-state index in [1.54, 1.807) is 10.6 Å². The largest absolute Gasteiger partial charge is 0.490 e. The van der Waals surface area contributed by atoms with E-state index in [-0.39, 0.29) is 5.56 Å². The van der Waals surface area contributed by atoms with Crippen molar-refractivity contribution in [1.82, 2.24) is 19.7 Å². The lowest BCUT2D eigenvalue weighted by Crippen LogP contribution is -2.36. The number of carboxylic acid groups (broad SMARTS) is 1. The van der Waals surface area contributed by atoms with Crippen molar-refractivity contribution in [2.75, 3.05) is 0 Å². The molecule has 0 spiro atoms. The maximum Gasteiger partial charge on any atom is 0.490 e. The molecule has 0 bridgehead atoms. The number of aliphatic carboxylic acids is 1. The fraction of sp³-hybridized carbons (Fsp3) is 0.471. The first kappa shape index (κ1) is 20.7. The molecule has 0 fully saturated rings. The molecule has 7 nitrogen and oxygen atoms in total. The van der Waals surface area contributed by atoms with Gasteiger partial charge in [0.15, 0.2) is 0 Å². The van der Waals surface area contributed by atoms with Gasteiger partial charge in [-0.3, -0.25) is 9.48 Å². The molecule has 1 atom stereocenters. The number of hydrogen-bond acceptors (Lipinski definition) is 4. The Kier molecular flexibility index (Phi) is 6.42. The molecule has 0 saturated carbocycles. The van der Waals surface area contributed by atoms with Crippen molar-refractivity contribution in [2.24, 2.45) is 14.1 Å². The zero-order valence-corrected chi connectivity index (χ0v) is 15.0. The van der Waals surface area contributed by atoms with Crippen molar-refractivity contribution in [1.29, 1.82) is 0 Å². The molecular formula is C17H21F3N4O3. The molecule has 2 heterocycles. The molecule has 27 heavy (non-hydrogen) atoms. The highest BCUT2D eigenvalue weighted by Gasteiger charge is 2.38. The van der Waals surface area contributed by atoms with Gasteiger partial charge in [-0.25, -0.2) is 4.79 Å². The Balaban J connectivity index is 0.000000321. The van der Waals surface area contributed by atoms with Gasteiger partial charge in [0.1, 0.15) is 0 Å². The second kappa shape index (κ2) is 8.38. The standard InChI is InChI=1S/C15H20N4O.C2HF3O2/c1-18-10-11(9-17-18)8-16-13-4-5-14-12(7-13)3-6-15(20)19(14)2;3-2(4,5)1(6)7/h3,6,9-10,13,16H,4-5,7-8H2,1-2H3;(H,6,7). The monoisotopic (exact) mass is 386 g/mol. The first-order valence-electron chi connectivity index (χ1n) is 8.26. The van der Waals surface area contributed by atoms with Crippen LogP contribution in [-0.4, -0.2) is 37.6 Å². The topological polar surface area (TPSA) is 89.2 Å². The number of carboxylic acids is 1. The highest BCUT2D eigenvalue weighted by atomic mass is 19.4. The summed E-state index contributed by atoms with van der Waals surface area (Å²) in [5.41, 5.74) is 3.78. The zero-order chi connectivity index (χ0) is 20.2. The van der Waals surface area contributed by atoms with E-state index in [2.05, 4.69) is 10.4 Å². The van der Waals surface area contributed by atoms with E-state index in [1.807, 2.05) is 37.2 Å². The van der Waals surface area contributed by atoms with Crippen LogP contribution in [0.3, 0.4) is 0 Å². The molecule has 3 rings (SSSR count). The molecule has 2 aromatic rings. The van der Waals surface area contributed by atoms with Gasteiger partial charge >= 0.3 is 12.1 Å². The average molecular weight is 386 g/mol. The van der Waals surface area contributed by atoms with E-state index < -0.39 is 12.1 Å². The summed E-state index contributed by atoms with van der Waals surface area (Å²) in [4.78, 5) is 20.5. The summed E-state index contributed by atoms with van der Waals surface area (Å²) in [5, 5.41) is 14.9. The molecule has 10 heteroatoms. The number of carbonyl (C=O) groups is 1. The minimum Gasteiger partial charge on any atom is -0.475 e. The molecule has 0 radical (unpaired) electrons. The number of nitrogens with one attached hydrogen (secondary N) is 1. The van der Waals surface area contributed by atoms with E-state index in [4.69, 9.17) is 9.90 Å². The van der Waals surface area contributed by atoms with E-state index >= 15 is 0 Å². The quantitative estimate of drug-likeness (QED) is 0.833. The van der Waals surface area contributed by atoms with Crippen LogP contribution >= 0.6 is 0 Å². The fourth-order valence-electron chi connectivity index (χ4n) is 2.92. The summed E-state index contributed by atoms with van der Waals surface area (Å²) in [6.45, 7) is 0.847. The lowest BCUT2D eigenvalue weighted by molar-refractivity contribution is -0.192. The third-order valence-electron chi connectivity index (χ3n) is 4.32. The molecule has 2 N–H and O–H groups in total. The Bertz CT molecular complexity index is 858. The number of halogens is 3. The number of alkyl halides is 3. The van der Waals surface area contributed by atoms with Gasteiger partial charge in [-0.05, 0) is 24.8 Å². The summed E-state index contributed by atoms with van der Waals surface area (Å²) in [5.74, 6) is -2.76. The molecule has 0 aliphatic heterocycles. The van der Waals surface area contributed by atoms with Crippen molar-refractivity contribution in [2.45, 2.75) is 38.0 Å². The van der Waals surface area contributed by atoms with Crippen LogP contribution in [0, 0.1) is 0 Å². The van der Waals surface area contributed by atoms with Crippen LogP contribution in [0.15, 0.2) is 29.3 Å². The van der Waals surface area contributed by atoms with E-state index in [0.717, 1.165) is 25.8 Å². The van der Waals surface area contributed by atoms with Crippen molar-refractivity contribution in [3.63, 3.8) is 0 Å². The van der Waals surface area contributed by atoms with Gasteiger partial charge in [0, 0.05) is 50.2 Å². The number of rotatable bonds is 3. The zero-order valence-electron chi connectivity index (χ0n) is 15.0. The van der Waals surface area contributed by atoms with Crippen LogP contribution < -0.4 is 10.9 Å². The third-order valence-corrected chi connectivity index (χ3v) is 4.32. The highest BCUT2D eigenvalue weighted by Crippen LogP contribution is 2.20. The normalized spacial score (nSPS) is 16.3.